The van der Waals surface area contributed by atoms with Crippen molar-refractivity contribution in [2.24, 2.45) is 0 Å². The third kappa shape index (κ3) is 4.35. The largest absolute Gasteiger partial charge is 0.381 e. The minimum atomic E-state index is -0.270. The zero-order chi connectivity index (χ0) is 16.8. The van der Waals surface area contributed by atoms with E-state index >= 15 is 0 Å². The highest BCUT2D eigenvalue weighted by Crippen LogP contribution is 2.25. The van der Waals surface area contributed by atoms with Crippen LogP contribution < -0.4 is 10.6 Å². The zero-order valence-electron chi connectivity index (χ0n) is 14.4. The van der Waals surface area contributed by atoms with E-state index in [9.17, 15) is 4.79 Å². The molecule has 2 heterocycles. The Morgan fingerprint density at radius 1 is 1.25 bits per heavy atom. The van der Waals surface area contributed by atoms with Crippen LogP contribution in [0.3, 0.4) is 0 Å². The molecule has 5 heteroatoms. The van der Waals surface area contributed by atoms with Crippen molar-refractivity contribution >= 4 is 5.91 Å². The summed E-state index contributed by atoms with van der Waals surface area (Å²) in [5.41, 5.74) is 1.13. The summed E-state index contributed by atoms with van der Waals surface area (Å²) in [6.07, 6.45) is 3.33. The van der Waals surface area contributed by atoms with E-state index in [2.05, 4.69) is 41.8 Å². The Labute approximate surface area is 144 Å². The number of amides is 1. The molecule has 2 aliphatic heterocycles. The van der Waals surface area contributed by atoms with E-state index in [0.29, 0.717) is 13.2 Å². The molecule has 1 aromatic rings. The molecule has 2 atom stereocenters. The Morgan fingerprint density at radius 2 is 2.00 bits per heavy atom. The maximum absolute atomic E-state index is 12.3. The van der Waals surface area contributed by atoms with Crippen molar-refractivity contribution in [3.05, 3.63) is 35.9 Å². The van der Waals surface area contributed by atoms with Gasteiger partial charge in [0, 0.05) is 37.9 Å². The fourth-order valence-corrected chi connectivity index (χ4v) is 3.57. The van der Waals surface area contributed by atoms with Gasteiger partial charge in [0.1, 0.15) is 6.10 Å². The Morgan fingerprint density at radius 3 is 2.67 bits per heavy atom. The molecule has 0 bridgehead atoms. The number of nitrogens with one attached hydrogen (secondary N) is 2. The Hall–Kier alpha value is -1.43. The quantitative estimate of drug-likeness (QED) is 0.838. The molecule has 24 heavy (non-hydrogen) atoms. The number of ether oxygens (including phenoxy) is 2. The summed E-state index contributed by atoms with van der Waals surface area (Å²) in [6.45, 7) is 4.94. The highest BCUT2D eigenvalue weighted by Gasteiger charge is 2.35. The van der Waals surface area contributed by atoms with Gasteiger partial charge in [0.25, 0.3) is 0 Å². The second kappa shape index (κ2) is 8.10. The van der Waals surface area contributed by atoms with Crippen molar-refractivity contribution in [2.75, 3.05) is 26.4 Å². The molecule has 1 aromatic carbocycles. The molecule has 3 rings (SSSR count). The third-order valence-electron chi connectivity index (χ3n) is 5.10. The van der Waals surface area contributed by atoms with Crippen LogP contribution in [0.1, 0.15) is 44.2 Å². The van der Waals surface area contributed by atoms with Gasteiger partial charge >= 0.3 is 0 Å². The first-order chi connectivity index (χ1) is 11.7. The van der Waals surface area contributed by atoms with Crippen molar-refractivity contribution in [2.45, 2.75) is 50.3 Å². The summed E-state index contributed by atoms with van der Waals surface area (Å²) >= 11 is 0. The van der Waals surface area contributed by atoms with Crippen LogP contribution in [0.15, 0.2) is 30.3 Å². The lowest BCUT2D eigenvalue weighted by Crippen LogP contribution is -2.57. The first kappa shape index (κ1) is 17.4. The van der Waals surface area contributed by atoms with Crippen molar-refractivity contribution in [3.8, 4) is 0 Å². The van der Waals surface area contributed by atoms with Crippen LogP contribution >= 0.6 is 0 Å². The first-order valence-electron chi connectivity index (χ1n) is 8.98. The SMILES string of the molecule is C[C@@H](NC1(CNC(=O)[C@@H]2CCCO2)CCOCC1)c1ccccc1. The molecule has 2 saturated heterocycles. The van der Waals surface area contributed by atoms with Gasteiger partial charge in [-0.05, 0) is 38.2 Å². The Balaban J connectivity index is 1.62. The average molecular weight is 332 g/mol. The molecule has 5 nitrogen and oxygen atoms in total. The summed E-state index contributed by atoms with van der Waals surface area (Å²) in [5, 5.41) is 6.87. The van der Waals surface area contributed by atoms with E-state index < -0.39 is 0 Å². The van der Waals surface area contributed by atoms with Crippen molar-refractivity contribution in [1.29, 1.82) is 0 Å². The van der Waals surface area contributed by atoms with E-state index in [0.717, 1.165) is 38.9 Å². The van der Waals surface area contributed by atoms with Crippen molar-refractivity contribution < 1.29 is 14.3 Å². The number of carbonyl (C=O) groups is 1. The standard InChI is InChI=1S/C19H28N2O3/c1-15(16-6-3-2-4-7-16)21-19(9-12-23-13-10-19)14-20-18(22)17-8-5-11-24-17/h2-4,6-7,15,17,21H,5,8-14H2,1H3,(H,20,22)/t15-,17+/m1/s1. The molecular formula is C19H28N2O3. The lowest BCUT2D eigenvalue weighted by atomic mass is 9.88. The Kier molecular flexibility index (Phi) is 5.87. The van der Waals surface area contributed by atoms with Gasteiger partial charge in [0.15, 0.2) is 0 Å². The monoisotopic (exact) mass is 332 g/mol. The van der Waals surface area contributed by atoms with E-state index in [1.165, 1.54) is 5.56 Å². The number of rotatable bonds is 6. The molecule has 2 aliphatic rings. The molecule has 1 amide bonds. The zero-order valence-corrected chi connectivity index (χ0v) is 14.4. The molecular weight excluding hydrogens is 304 g/mol. The van der Waals surface area contributed by atoms with Crippen LogP contribution in [0.4, 0.5) is 0 Å². The number of hydrogen-bond acceptors (Lipinski definition) is 4. The van der Waals surface area contributed by atoms with Gasteiger partial charge in [-0.25, -0.2) is 0 Å². The van der Waals surface area contributed by atoms with Gasteiger partial charge in [-0.2, -0.15) is 0 Å². The lowest BCUT2D eigenvalue weighted by molar-refractivity contribution is -0.130. The molecule has 0 unspecified atom stereocenters. The molecule has 0 aliphatic carbocycles. The molecule has 0 aromatic heterocycles. The van der Waals surface area contributed by atoms with Crippen LogP contribution in [0.25, 0.3) is 0 Å². The first-order valence-corrected chi connectivity index (χ1v) is 8.98. The molecule has 132 valence electrons. The minimum Gasteiger partial charge on any atom is -0.381 e. The summed E-state index contributed by atoms with van der Waals surface area (Å²) in [4.78, 5) is 12.3. The smallest absolute Gasteiger partial charge is 0.249 e. The summed E-state index contributed by atoms with van der Waals surface area (Å²) < 4.78 is 11.0. The van der Waals surface area contributed by atoms with E-state index in [-0.39, 0.29) is 23.6 Å². The number of carbonyl (C=O) groups excluding carboxylic acids is 1. The molecule has 0 spiro atoms. The second-order valence-electron chi connectivity index (χ2n) is 6.89. The molecule has 0 radical (unpaired) electrons. The van der Waals surface area contributed by atoms with Gasteiger partial charge in [-0.3, -0.25) is 4.79 Å². The minimum absolute atomic E-state index is 0.0209. The third-order valence-corrected chi connectivity index (χ3v) is 5.10. The van der Waals surface area contributed by atoms with Gasteiger partial charge in [-0.1, -0.05) is 30.3 Å². The van der Waals surface area contributed by atoms with Gasteiger partial charge in [0.2, 0.25) is 5.91 Å². The highest BCUT2D eigenvalue weighted by atomic mass is 16.5. The second-order valence-corrected chi connectivity index (χ2v) is 6.89. The fourth-order valence-electron chi connectivity index (χ4n) is 3.57. The lowest BCUT2D eigenvalue weighted by Gasteiger charge is -2.40. The predicted octanol–water partition coefficient (Wildman–Crippen LogP) is 2.18. The van der Waals surface area contributed by atoms with Crippen LogP contribution in [-0.4, -0.2) is 43.9 Å². The molecule has 0 saturated carbocycles. The van der Waals surface area contributed by atoms with Gasteiger partial charge in [-0.15, -0.1) is 0 Å². The van der Waals surface area contributed by atoms with Gasteiger partial charge in [0.05, 0.1) is 0 Å². The normalized spacial score (nSPS) is 24.5. The number of benzene rings is 1. The molecule has 2 N–H and O–H groups in total. The fraction of sp³-hybridized carbons (Fsp3) is 0.632. The van der Waals surface area contributed by atoms with E-state index in [1.807, 2.05) is 6.07 Å². The highest BCUT2D eigenvalue weighted by molar-refractivity contribution is 5.81. The van der Waals surface area contributed by atoms with E-state index in [1.54, 1.807) is 0 Å². The van der Waals surface area contributed by atoms with Crippen molar-refractivity contribution in [3.63, 3.8) is 0 Å². The number of hydrogen-bond donors (Lipinski definition) is 2. The van der Waals surface area contributed by atoms with Crippen LogP contribution in [-0.2, 0) is 14.3 Å². The summed E-state index contributed by atoms with van der Waals surface area (Å²) in [6, 6.07) is 10.6. The van der Waals surface area contributed by atoms with Crippen LogP contribution in [0.2, 0.25) is 0 Å². The van der Waals surface area contributed by atoms with Gasteiger partial charge < -0.3 is 20.1 Å². The topological polar surface area (TPSA) is 59.6 Å². The van der Waals surface area contributed by atoms with Crippen LogP contribution in [0, 0.1) is 0 Å². The maximum atomic E-state index is 12.3. The average Bonchev–Trinajstić information content (AvgIpc) is 3.16. The predicted molar refractivity (Wildman–Crippen MR) is 92.8 cm³/mol. The van der Waals surface area contributed by atoms with Crippen LogP contribution in [0.5, 0.6) is 0 Å². The van der Waals surface area contributed by atoms with Crippen molar-refractivity contribution in [1.82, 2.24) is 10.6 Å². The summed E-state index contributed by atoms with van der Waals surface area (Å²) in [7, 11) is 0. The Bertz CT molecular complexity index is 523. The maximum Gasteiger partial charge on any atom is 0.249 e. The summed E-state index contributed by atoms with van der Waals surface area (Å²) in [5.74, 6) is 0.0209. The molecule has 2 fully saturated rings. The van der Waals surface area contributed by atoms with E-state index in [4.69, 9.17) is 9.47 Å².